The van der Waals surface area contributed by atoms with Crippen LogP contribution in [-0.2, 0) is 4.79 Å². The summed E-state index contributed by atoms with van der Waals surface area (Å²) in [5.74, 6) is 2.46. The van der Waals surface area contributed by atoms with Gasteiger partial charge in [-0.2, -0.15) is 0 Å². The molecular formula is C8H10O. The third kappa shape index (κ3) is 0.262. The molecule has 2 unspecified atom stereocenters. The van der Waals surface area contributed by atoms with Crippen molar-refractivity contribution >= 4 is 5.78 Å². The molecule has 0 amide bonds. The molecule has 0 aromatic heterocycles. The Hall–Kier alpha value is -0.330. The van der Waals surface area contributed by atoms with Crippen molar-refractivity contribution in [3.8, 4) is 0 Å². The van der Waals surface area contributed by atoms with Crippen LogP contribution in [0.5, 0.6) is 0 Å². The van der Waals surface area contributed by atoms with Crippen LogP contribution in [0.1, 0.15) is 19.8 Å². The summed E-state index contributed by atoms with van der Waals surface area (Å²) in [7, 11) is 0. The Morgan fingerprint density at radius 2 is 2.44 bits per heavy atom. The number of ketones is 1. The highest BCUT2D eigenvalue weighted by Crippen LogP contribution is 2.76. The largest absolute Gasteiger partial charge is 0.299 e. The molecule has 4 bridgehead atoms. The van der Waals surface area contributed by atoms with E-state index in [1.54, 1.807) is 0 Å². The van der Waals surface area contributed by atoms with Gasteiger partial charge in [0.25, 0.3) is 0 Å². The van der Waals surface area contributed by atoms with Crippen LogP contribution in [0.4, 0.5) is 0 Å². The Bertz CT molecular complexity index is 209. The molecule has 9 heavy (non-hydrogen) atoms. The second-order valence-corrected chi connectivity index (χ2v) is 4.13. The lowest BCUT2D eigenvalue weighted by Gasteiger charge is -1.95. The van der Waals surface area contributed by atoms with Crippen molar-refractivity contribution in [1.29, 1.82) is 0 Å². The van der Waals surface area contributed by atoms with Gasteiger partial charge in [-0.1, -0.05) is 6.92 Å². The van der Waals surface area contributed by atoms with Gasteiger partial charge >= 0.3 is 0 Å². The average Bonchev–Trinajstić information content (AvgIpc) is 2.21. The maximum atomic E-state index is 11.2. The Morgan fingerprint density at radius 3 is 2.56 bits per heavy atom. The molecule has 4 aliphatic carbocycles. The van der Waals surface area contributed by atoms with Gasteiger partial charge in [-0.15, -0.1) is 0 Å². The van der Waals surface area contributed by atoms with E-state index in [-0.39, 0.29) is 0 Å². The molecular weight excluding hydrogens is 112 g/mol. The number of rotatable bonds is 0. The number of carbonyl (C=O) groups is 1. The first-order chi connectivity index (χ1) is 4.23. The molecule has 0 aliphatic heterocycles. The molecule has 0 heterocycles. The van der Waals surface area contributed by atoms with Crippen molar-refractivity contribution in [3.63, 3.8) is 0 Å². The van der Waals surface area contributed by atoms with Gasteiger partial charge < -0.3 is 0 Å². The summed E-state index contributed by atoms with van der Waals surface area (Å²) in [5.41, 5.74) is 0.516. The first-order valence-electron chi connectivity index (χ1n) is 3.77. The highest BCUT2D eigenvalue weighted by Gasteiger charge is 2.76. The van der Waals surface area contributed by atoms with Crippen LogP contribution < -0.4 is 0 Å². The van der Waals surface area contributed by atoms with Crippen LogP contribution in [0.2, 0.25) is 0 Å². The SMILES string of the molecule is C[C@@]12C[C@@H]3CC1C2C3=O. The molecule has 0 aromatic carbocycles. The van der Waals surface area contributed by atoms with Crippen LogP contribution in [0.3, 0.4) is 0 Å². The second-order valence-electron chi connectivity index (χ2n) is 4.13. The summed E-state index contributed by atoms with van der Waals surface area (Å²) in [6.07, 6.45) is 2.46. The Morgan fingerprint density at radius 1 is 1.67 bits per heavy atom. The molecule has 48 valence electrons. The highest BCUT2D eigenvalue weighted by molar-refractivity contribution is 5.93. The lowest BCUT2D eigenvalue weighted by Crippen LogP contribution is -2.00. The van der Waals surface area contributed by atoms with Gasteiger partial charge in [-0.05, 0) is 24.2 Å². The molecule has 0 spiro atoms. The maximum Gasteiger partial charge on any atom is 0.139 e. The molecule has 0 radical (unpaired) electrons. The minimum atomic E-state index is 0.505. The molecule has 0 N–H and O–H groups in total. The Balaban J connectivity index is 2.20. The van der Waals surface area contributed by atoms with E-state index in [1.165, 1.54) is 12.8 Å². The molecule has 4 aliphatic rings. The first kappa shape index (κ1) is 4.48. The predicted molar refractivity (Wildman–Crippen MR) is 32.8 cm³/mol. The molecule has 4 fully saturated rings. The quantitative estimate of drug-likeness (QED) is 0.472. The number of Topliss-reactive ketones (excluding diaryl/α,β-unsaturated/α-hetero) is 1. The number of carbonyl (C=O) groups excluding carboxylic acids is 1. The summed E-state index contributed by atoms with van der Waals surface area (Å²) in [6.45, 7) is 2.28. The maximum absolute atomic E-state index is 11.2. The van der Waals surface area contributed by atoms with Gasteiger partial charge in [0.1, 0.15) is 5.78 Å². The summed E-state index contributed by atoms with van der Waals surface area (Å²) in [5, 5.41) is 0. The van der Waals surface area contributed by atoms with E-state index in [0.717, 1.165) is 5.92 Å². The van der Waals surface area contributed by atoms with E-state index in [0.29, 0.717) is 23.0 Å². The Kier molecular flexibility index (Phi) is 0.439. The van der Waals surface area contributed by atoms with Crippen molar-refractivity contribution in [3.05, 3.63) is 0 Å². The summed E-state index contributed by atoms with van der Waals surface area (Å²) < 4.78 is 0. The fourth-order valence-corrected chi connectivity index (χ4v) is 3.26. The van der Waals surface area contributed by atoms with Crippen molar-refractivity contribution in [2.45, 2.75) is 19.8 Å². The third-order valence-electron chi connectivity index (χ3n) is 3.78. The van der Waals surface area contributed by atoms with E-state index in [4.69, 9.17) is 0 Å². The zero-order chi connectivity index (χ0) is 6.22. The monoisotopic (exact) mass is 122 g/mol. The fourth-order valence-electron chi connectivity index (χ4n) is 3.26. The normalized spacial score (nSPS) is 67.2. The van der Waals surface area contributed by atoms with Crippen molar-refractivity contribution in [1.82, 2.24) is 0 Å². The van der Waals surface area contributed by atoms with Gasteiger partial charge in [0, 0.05) is 11.8 Å². The van der Waals surface area contributed by atoms with Gasteiger partial charge in [-0.25, -0.2) is 0 Å². The number of hydrogen-bond donors (Lipinski definition) is 0. The average molecular weight is 122 g/mol. The minimum Gasteiger partial charge on any atom is -0.299 e. The first-order valence-corrected chi connectivity index (χ1v) is 3.77. The van der Waals surface area contributed by atoms with Crippen LogP contribution in [-0.4, -0.2) is 5.78 Å². The topological polar surface area (TPSA) is 17.1 Å². The van der Waals surface area contributed by atoms with E-state index in [9.17, 15) is 4.79 Å². The predicted octanol–water partition coefficient (Wildman–Crippen LogP) is 1.23. The smallest absolute Gasteiger partial charge is 0.139 e. The lowest BCUT2D eigenvalue weighted by atomic mass is 10.1. The van der Waals surface area contributed by atoms with E-state index < -0.39 is 0 Å². The third-order valence-corrected chi connectivity index (χ3v) is 3.78. The molecule has 1 heteroatoms. The zero-order valence-electron chi connectivity index (χ0n) is 5.55. The Labute approximate surface area is 54.4 Å². The second kappa shape index (κ2) is 0.882. The number of hydrogen-bond acceptors (Lipinski definition) is 1. The molecule has 4 rings (SSSR count). The van der Waals surface area contributed by atoms with E-state index in [2.05, 4.69) is 6.92 Å². The molecule has 0 aromatic rings. The van der Waals surface area contributed by atoms with E-state index in [1.807, 2.05) is 0 Å². The van der Waals surface area contributed by atoms with Crippen LogP contribution in [0.15, 0.2) is 0 Å². The van der Waals surface area contributed by atoms with Gasteiger partial charge in [0.15, 0.2) is 0 Å². The van der Waals surface area contributed by atoms with Gasteiger partial charge in [-0.3, -0.25) is 4.79 Å². The van der Waals surface area contributed by atoms with Gasteiger partial charge in [0.2, 0.25) is 0 Å². The summed E-state index contributed by atoms with van der Waals surface area (Å²) >= 11 is 0. The molecule has 1 nitrogen and oxygen atoms in total. The standard InChI is InChI=1S/C8H10O/c1-8-3-4-2-5(8)6(8)7(4)9/h4-6H,2-3H2,1H3/t4-,5?,6?,8+/m0/s1. The molecule has 4 saturated carbocycles. The van der Waals surface area contributed by atoms with Crippen molar-refractivity contribution in [2.75, 3.05) is 0 Å². The van der Waals surface area contributed by atoms with Gasteiger partial charge in [0.05, 0.1) is 0 Å². The van der Waals surface area contributed by atoms with Crippen molar-refractivity contribution in [2.24, 2.45) is 23.2 Å². The molecule has 0 saturated heterocycles. The summed E-state index contributed by atoms with van der Waals surface area (Å²) in [4.78, 5) is 11.2. The summed E-state index contributed by atoms with van der Waals surface area (Å²) in [6, 6.07) is 0. The van der Waals surface area contributed by atoms with Crippen LogP contribution in [0.25, 0.3) is 0 Å². The minimum absolute atomic E-state index is 0.505. The fraction of sp³-hybridized carbons (Fsp3) is 0.875. The van der Waals surface area contributed by atoms with Crippen LogP contribution in [0, 0.1) is 23.2 Å². The molecule has 4 atom stereocenters. The highest BCUT2D eigenvalue weighted by atomic mass is 16.1. The lowest BCUT2D eigenvalue weighted by molar-refractivity contribution is -0.120. The van der Waals surface area contributed by atoms with Crippen LogP contribution >= 0.6 is 0 Å². The zero-order valence-corrected chi connectivity index (χ0v) is 5.55. The van der Waals surface area contributed by atoms with Crippen molar-refractivity contribution < 1.29 is 4.79 Å². The van der Waals surface area contributed by atoms with E-state index >= 15 is 0 Å².